The first-order valence-electron chi connectivity index (χ1n) is 9.24. The zero-order valence-corrected chi connectivity index (χ0v) is 17.1. The number of allylic oxidation sites excluding steroid dienone is 2. The average Bonchev–Trinajstić information content (AvgIpc) is 3.07. The highest BCUT2D eigenvalue weighted by molar-refractivity contribution is 6.42. The van der Waals surface area contributed by atoms with E-state index in [-0.39, 0.29) is 23.9 Å². The van der Waals surface area contributed by atoms with Crippen LogP contribution in [-0.2, 0) is 4.79 Å². The molecular formula is C22H19Cl2NO3. The topological polar surface area (TPSA) is 47.6 Å². The van der Waals surface area contributed by atoms with Crippen molar-refractivity contribution in [2.75, 3.05) is 12.1 Å². The van der Waals surface area contributed by atoms with E-state index in [2.05, 4.69) is 19.2 Å². The second-order valence-corrected chi connectivity index (χ2v) is 9.17. The molecule has 1 N–H and O–H groups in total. The van der Waals surface area contributed by atoms with E-state index in [1.807, 2.05) is 24.3 Å². The van der Waals surface area contributed by atoms with Crippen molar-refractivity contribution in [1.82, 2.24) is 0 Å². The van der Waals surface area contributed by atoms with Gasteiger partial charge in [-0.2, -0.15) is 0 Å². The average molecular weight is 416 g/mol. The molecule has 2 aromatic rings. The molecule has 0 saturated carbocycles. The second kappa shape index (κ2) is 6.16. The summed E-state index contributed by atoms with van der Waals surface area (Å²) in [7, 11) is 0. The van der Waals surface area contributed by atoms with Crippen molar-refractivity contribution in [3.8, 4) is 11.5 Å². The molecule has 2 aromatic carbocycles. The van der Waals surface area contributed by atoms with E-state index in [1.165, 1.54) is 0 Å². The number of carbonyl (C=O) groups is 1. The van der Waals surface area contributed by atoms with Gasteiger partial charge in [-0.15, -0.1) is 0 Å². The lowest BCUT2D eigenvalue weighted by Gasteiger charge is -2.39. The highest BCUT2D eigenvalue weighted by atomic mass is 35.5. The molecule has 28 heavy (non-hydrogen) atoms. The molecule has 0 fully saturated rings. The maximum absolute atomic E-state index is 13.2. The quantitative estimate of drug-likeness (QED) is 0.627. The Balaban J connectivity index is 1.74. The third-order valence-corrected chi connectivity index (χ3v) is 6.37. The number of benzene rings is 2. The number of carbonyl (C=O) groups excluding carboxylic acids is 1. The summed E-state index contributed by atoms with van der Waals surface area (Å²) in [5, 5.41) is 4.48. The number of fused-ring (bicyclic) bond motifs is 2. The molecule has 2 aliphatic heterocycles. The van der Waals surface area contributed by atoms with E-state index in [4.69, 9.17) is 32.7 Å². The van der Waals surface area contributed by atoms with Gasteiger partial charge in [0, 0.05) is 35.4 Å². The summed E-state index contributed by atoms with van der Waals surface area (Å²) in [4.78, 5) is 13.2. The minimum Gasteiger partial charge on any atom is -0.454 e. The summed E-state index contributed by atoms with van der Waals surface area (Å²) in [5.41, 5.74) is 4.56. The van der Waals surface area contributed by atoms with Crippen molar-refractivity contribution >= 4 is 34.7 Å². The number of hydrogen-bond donors (Lipinski definition) is 1. The van der Waals surface area contributed by atoms with Gasteiger partial charge in [0.1, 0.15) is 0 Å². The van der Waals surface area contributed by atoms with Crippen LogP contribution >= 0.6 is 23.2 Å². The Bertz CT molecular complexity index is 1060. The highest BCUT2D eigenvalue weighted by Gasteiger charge is 2.41. The number of Topliss-reactive ketones (excluding diaryl/α,β-unsaturated/α-hetero) is 1. The SMILES string of the molecule is CC1(C)CC(=O)C2=C(C1)Nc1cc3c(cc1[C@@H]2c1ccc(Cl)c(Cl)c1)OCO3. The summed E-state index contributed by atoms with van der Waals surface area (Å²) in [6.07, 6.45) is 1.32. The molecule has 0 saturated heterocycles. The third-order valence-electron chi connectivity index (χ3n) is 5.63. The van der Waals surface area contributed by atoms with Crippen molar-refractivity contribution in [2.24, 2.45) is 5.41 Å². The van der Waals surface area contributed by atoms with E-state index in [0.717, 1.165) is 34.5 Å². The van der Waals surface area contributed by atoms with Crippen LogP contribution in [0.2, 0.25) is 10.0 Å². The van der Waals surface area contributed by atoms with Crippen LogP contribution in [0.1, 0.15) is 43.7 Å². The highest BCUT2D eigenvalue weighted by Crippen LogP contribution is 2.52. The van der Waals surface area contributed by atoms with Crippen LogP contribution in [0.15, 0.2) is 41.6 Å². The molecule has 0 amide bonds. The Morgan fingerprint density at radius 3 is 2.54 bits per heavy atom. The van der Waals surface area contributed by atoms with Crippen LogP contribution in [0.4, 0.5) is 5.69 Å². The van der Waals surface area contributed by atoms with Crippen LogP contribution in [0.25, 0.3) is 0 Å². The van der Waals surface area contributed by atoms with E-state index < -0.39 is 0 Å². The lowest BCUT2D eigenvalue weighted by atomic mass is 9.68. The van der Waals surface area contributed by atoms with E-state index in [1.54, 1.807) is 6.07 Å². The summed E-state index contributed by atoms with van der Waals surface area (Å²) in [6.45, 7) is 4.45. The van der Waals surface area contributed by atoms with Crippen LogP contribution in [0.5, 0.6) is 11.5 Å². The van der Waals surface area contributed by atoms with Gasteiger partial charge < -0.3 is 14.8 Å². The molecule has 0 radical (unpaired) electrons. The van der Waals surface area contributed by atoms with Crippen molar-refractivity contribution in [1.29, 1.82) is 0 Å². The van der Waals surface area contributed by atoms with Gasteiger partial charge in [0.05, 0.1) is 10.0 Å². The number of nitrogens with one attached hydrogen (secondary N) is 1. The number of ketones is 1. The Hall–Kier alpha value is -2.17. The van der Waals surface area contributed by atoms with Crippen molar-refractivity contribution in [2.45, 2.75) is 32.6 Å². The van der Waals surface area contributed by atoms with Crippen LogP contribution in [-0.4, -0.2) is 12.6 Å². The predicted octanol–water partition coefficient (Wildman–Crippen LogP) is 5.92. The van der Waals surface area contributed by atoms with E-state index in [0.29, 0.717) is 28.0 Å². The predicted molar refractivity (Wildman–Crippen MR) is 110 cm³/mol. The lowest BCUT2D eigenvalue weighted by molar-refractivity contribution is -0.118. The Labute approximate surface area is 173 Å². The molecule has 1 aliphatic carbocycles. The van der Waals surface area contributed by atoms with Gasteiger partial charge in [0.25, 0.3) is 0 Å². The van der Waals surface area contributed by atoms with Gasteiger partial charge in [-0.25, -0.2) is 0 Å². The smallest absolute Gasteiger partial charge is 0.231 e. The molecule has 5 rings (SSSR count). The zero-order chi connectivity index (χ0) is 19.6. The van der Waals surface area contributed by atoms with Gasteiger partial charge in [-0.05, 0) is 41.2 Å². The minimum absolute atomic E-state index is 0.0844. The van der Waals surface area contributed by atoms with Crippen molar-refractivity contribution in [3.05, 3.63) is 62.8 Å². The fourth-order valence-electron chi connectivity index (χ4n) is 4.44. The fourth-order valence-corrected chi connectivity index (χ4v) is 4.75. The van der Waals surface area contributed by atoms with Crippen LogP contribution in [0.3, 0.4) is 0 Å². The number of halogens is 2. The molecule has 2 heterocycles. The van der Waals surface area contributed by atoms with Gasteiger partial charge >= 0.3 is 0 Å². The summed E-state index contributed by atoms with van der Waals surface area (Å²) in [6, 6.07) is 9.50. The molecule has 0 spiro atoms. The van der Waals surface area contributed by atoms with Crippen LogP contribution < -0.4 is 14.8 Å². The zero-order valence-electron chi connectivity index (χ0n) is 15.6. The summed E-state index contributed by atoms with van der Waals surface area (Å²) in [5.74, 6) is 1.35. The fraction of sp³-hybridized carbons (Fsp3) is 0.318. The molecule has 3 aliphatic rings. The number of anilines is 1. The minimum atomic E-state index is -0.223. The second-order valence-electron chi connectivity index (χ2n) is 8.36. The van der Waals surface area contributed by atoms with Gasteiger partial charge in [0.2, 0.25) is 6.79 Å². The summed E-state index contributed by atoms with van der Waals surface area (Å²) >= 11 is 12.5. The molecular weight excluding hydrogens is 397 g/mol. The first-order valence-corrected chi connectivity index (χ1v) is 10.00. The Kier molecular flexibility index (Phi) is 3.94. The third kappa shape index (κ3) is 2.78. The standard InChI is InChI=1S/C22H19Cl2NO3/c1-22(2)8-16-21(17(26)9-22)20(11-3-4-13(23)14(24)5-11)12-6-18-19(28-10-27-18)7-15(12)25-16/h3-7,20,25H,8-10H2,1-2H3/t20-/m0/s1. The normalized spacial score (nSPS) is 21.9. The monoisotopic (exact) mass is 415 g/mol. The largest absolute Gasteiger partial charge is 0.454 e. The molecule has 0 bridgehead atoms. The van der Waals surface area contributed by atoms with Gasteiger partial charge in [0.15, 0.2) is 17.3 Å². The Morgan fingerprint density at radius 2 is 1.79 bits per heavy atom. The number of ether oxygens (including phenoxy) is 2. The maximum Gasteiger partial charge on any atom is 0.231 e. The molecule has 1 atom stereocenters. The van der Waals surface area contributed by atoms with E-state index >= 15 is 0 Å². The maximum atomic E-state index is 13.2. The molecule has 6 heteroatoms. The van der Waals surface area contributed by atoms with Gasteiger partial charge in [-0.3, -0.25) is 4.79 Å². The molecule has 144 valence electrons. The van der Waals surface area contributed by atoms with Gasteiger partial charge in [-0.1, -0.05) is 43.1 Å². The lowest BCUT2D eigenvalue weighted by Crippen LogP contribution is -2.33. The summed E-state index contributed by atoms with van der Waals surface area (Å²) < 4.78 is 11.1. The molecule has 0 unspecified atom stereocenters. The number of hydrogen-bond acceptors (Lipinski definition) is 4. The van der Waals surface area contributed by atoms with Crippen molar-refractivity contribution in [3.63, 3.8) is 0 Å². The number of rotatable bonds is 1. The first kappa shape index (κ1) is 17.9. The molecule has 4 nitrogen and oxygen atoms in total. The van der Waals surface area contributed by atoms with Crippen molar-refractivity contribution < 1.29 is 14.3 Å². The first-order chi connectivity index (χ1) is 13.3. The Morgan fingerprint density at radius 1 is 1.04 bits per heavy atom. The van der Waals surface area contributed by atoms with E-state index in [9.17, 15) is 4.79 Å². The molecule has 0 aromatic heterocycles. The van der Waals surface area contributed by atoms with Crippen LogP contribution in [0, 0.1) is 5.41 Å².